The van der Waals surface area contributed by atoms with Crippen LogP contribution in [-0.2, 0) is 0 Å². The fourth-order valence-electron chi connectivity index (χ4n) is 3.22. The second-order valence-corrected chi connectivity index (χ2v) is 7.15. The molecule has 0 amide bonds. The Morgan fingerprint density at radius 3 is 2.50 bits per heavy atom. The van der Waals surface area contributed by atoms with Crippen molar-refractivity contribution in [3.63, 3.8) is 0 Å². The molecule has 0 fully saturated rings. The number of hydrogen-bond donors (Lipinski definition) is 0. The third-order valence-electron chi connectivity index (χ3n) is 4.68. The zero-order valence-corrected chi connectivity index (χ0v) is 16.7. The zero-order valence-electron chi connectivity index (χ0n) is 16.0. The maximum Gasteiger partial charge on any atom is 0.138 e. The summed E-state index contributed by atoms with van der Waals surface area (Å²) in [6.07, 6.45) is 0. The van der Waals surface area contributed by atoms with Crippen molar-refractivity contribution < 1.29 is 9.15 Å². The molecule has 140 valence electrons. The van der Waals surface area contributed by atoms with E-state index in [0.29, 0.717) is 10.8 Å². The van der Waals surface area contributed by atoms with Gasteiger partial charge in [0, 0.05) is 17.0 Å². The van der Waals surface area contributed by atoms with Gasteiger partial charge >= 0.3 is 0 Å². The van der Waals surface area contributed by atoms with Crippen LogP contribution in [0.3, 0.4) is 0 Å². The Balaban J connectivity index is 2.04. The second-order valence-electron chi connectivity index (χ2n) is 6.74. The zero-order chi connectivity index (χ0) is 19.7. The number of hydrogen-bond acceptors (Lipinski definition) is 3. The SMILES string of the molecule is COc1ccc2oc(-c3ccccc3Cl)cc(=Nc3ccc(C)cc3C)c2c1. The number of methoxy groups -OCH3 is 1. The van der Waals surface area contributed by atoms with E-state index in [1.54, 1.807) is 7.11 Å². The number of ether oxygens (including phenoxy) is 1. The average Bonchev–Trinajstić information content (AvgIpc) is 2.70. The van der Waals surface area contributed by atoms with Crippen molar-refractivity contribution in [3.05, 3.63) is 88.2 Å². The van der Waals surface area contributed by atoms with E-state index in [4.69, 9.17) is 25.7 Å². The Morgan fingerprint density at radius 2 is 1.75 bits per heavy atom. The molecule has 0 aliphatic heterocycles. The minimum Gasteiger partial charge on any atom is -0.497 e. The molecule has 0 N–H and O–H groups in total. The van der Waals surface area contributed by atoms with Gasteiger partial charge in [-0.1, -0.05) is 41.4 Å². The first-order valence-corrected chi connectivity index (χ1v) is 9.42. The second kappa shape index (κ2) is 7.53. The summed E-state index contributed by atoms with van der Waals surface area (Å²) in [4.78, 5) is 4.94. The molecule has 0 atom stereocenters. The lowest BCUT2D eigenvalue weighted by Gasteiger charge is -2.08. The molecule has 1 heterocycles. The van der Waals surface area contributed by atoms with Crippen LogP contribution < -0.4 is 10.1 Å². The summed E-state index contributed by atoms with van der Waals surface area (Å²) in [5.41, 5.74) is 4.81. The van der Waals surface area contributed by atoms with Gasteiger partial charge in [0.25, 0.3) is 0 Å². The molecule has 4 aromatic rings. The van der Waals surface area contributed by atoms with Crippen LogP contribution in [0.5, 0.6) is 5.75 Å². The Bertz CT molecular complexity index is 1240. The van der Waals surface area contributed by atoms with E-state index in [1.807, 2.05) is 54.6 Å². The highest BCUT2D eigenvalue weighted by atomic mass is 35.5. The highest BCUT2D eigenvalue weighted by Gasteiger charge is 2.10. The number of rotatable bonds is 3. The smallest absolute Gasteiger partial charge is 0.138 e. The third-order valence-corrected chi connectivity index (χ3v) is 5.01. The van der Waals surface area contributed by atoms with Crippen LogP contribution >= 0.6 is 11.6 Å². The highest BCUT2D eigenvalue weighted by molar-refractivity contribution is 6.33. The van der Waals surface area contributed by atoms with E-state index < -0.39 is 0 Å². The normalized spacial score (nSPS) is 11.8. The van der Waals surface area contributed by atoms with Crippen molar-refractivity contribution in [2.75, 3.05) is 7.11 Å². The highest BCUT2D eigenvalue weighted by Crippen LogP contribution is 2.30. The number of nitrogens with zero attached hydrogens (tertiary/aromatic N) is 1. The predicted octanol–water partition coefficient (Wildman–Crippen LogP) is 6.61. The van der Waals surface area contributed by atoms with E-state index >= 15 is 0 Å². The molecule has 4 heteroatoms. The molecule has 3 nitrogen and oxygen atoms in total. The summed E-state index contributed by atoms with van der Waals surface area (Å²) in [5, 5.41) is 2.33. The molecule has 0 unspecified atom stereocenters. The summed E-state index contributed by atoms with van der Waals surface area (Å²) >= 11 is 6.40. The molecule has 1 aromatic heterocycles. The molecule has 0 saturated heterocycles. The lowest BCUT2D eigenvalue weighted by molar-refractivity contribution is 0.415. The predicted molar refractivity (Wildman–Crippen MR) is 114 cm³/mol. The molecule has 28 heavy (non-hydrogen) atoms. The fourth-order valence-corrected chi connectivity index (χ4v) is 3.45. The standard InChI is InChI=1S/C24H20ClNO2/c1-15-8-10-21(16(2)12-15)26-22-14-24(18-6-4-5-7-20(18)25)28-23-11-9-17(27-3)13-19(22)23/h4-14H,1-3H3. The molecule has 4 rings (SSSR count). The molecule has 0 aliphatic rings. The summed E-state index contributed by atoms with van der Waals surface area (Å²) in [6, 6.07) is 21.5. The third kappa shape index (κ3) is 3.54. The minimum atomic E-state index is 0.636. The average molecular weight is 390 g/mol. The van der Waals surface area contributed by atoms with E-state index in [2.05, 4.69) is 26.0 Å². The molecule has 0 spiro atoms. The maximum absolute atomic E-state index is 6.40. The van der Waals surface area contributed by atoms with Crippen LogP contribution in [0.2, 0.25) is 5.02 Å². The molecule has 0 bridgehead atoms. The molecule has 3 aromatic carbocycles. The first-order chi connectivity index (χ1) is 13.5. The summed E-state index contributed by atoms with van der Waals surface area (Å²) in [5.74, 6) is 1.43. The van der Waals surface area contributed by atoms with Crippen molar-refractivity contribution in [2.45, 2.75) is 13.8 Å². The van der Waals surface area contributed by atoms with Crippen LogP contribution in [0.1, 0.15) is 11.1 Å². The van der Waals surface area contributed by atoms with Gasteiger partial charge in [-0.3, -0.25) is 0 Å². The summed E-state index contributed by atoms with van der Waals surface area (Å²) in [7, 11) is 1.65. The molecule has 0 saturated carbocycles. The van der Waals surface area contributed by atoms with Crippen molar-refractivity contribution >= 4 is 28.3 Å². The molecule has 0 radical (unpaired) electrons. The largest absolute Gasteiger partial charge is 0.497 e. The Kier molecular flexibility index (Phi) is 4.93. The molecular weight excluding hydrogens is 370 g/mol. The van der Waals surface area contributed by atoms with Crippen molar-refractivity contribution in [1.29, 1.82) is 0 Å². The van der Waals surface area contributed by atoms with Crippen LogP contribution in [0.15, 0.2) is 76.1 Å². The number of aryl methyl sites for hydroxylation is 2. The topological polar surface area (TPSA) is 34.7 Å². The molecular formula is C24H20ClNO2. The van der Waals surface area contributed by atoms with Gasteiger partial charge in [0.05, 0.1) is 23.2 Å². The Labute approximate surface area is 168 Å². The van der Waals surface area contributed by atoms with Gasteiger partial charge in [-0.25, -0.2) is 4.99 Å². The van der Waals surface area contributed by atoms with E-state index in [0.717, 1.165) is 38.9 Å². The van der Waals surface area contributed by atoms with Crippen LogP contribution in [0.4, 0.5) is 5.69 Å². The van der Waals surface area contributed by atoms with Crippen molar-refractivity contribution in [2.24, 2.45) is 4.99 Å². The first kappa shape index (κ1) is 18.3. The van der Waals surface area contributed by atoms with Gasteiger partial charge in [0.15, 0.2) is 0 Å². The lowest BCUT2D eigenvalue weighted by Crippen LogP contribution is -2.04. The van der Waals surface area contributed by atoms with Gasteiger partial charge in [0.2, 0.25) is 0 Å². The summed E-state index contributed by atoms with van der Waals surface area (Å²) in [6.45, 7) is 4.14. The van der Waals surface area contributed by atoms with Crippen molar-refractivity contribution in [3.8, 4) is 17.1 Å². The van der Waals surface area contributed by atoms with E-state index in [9.17, 15) is 0 Å². The van der Waals surface area contributed by atoms with Gasteiger partial charge in [-0.05, 0) is 55.8 Å². The monoisotopic (exact) mass is 389 g/mol. The number of benzene rings is 3. The molecule has 0 aliphatic carbocycles. The van der Waals surface area contributed by atoms with Gasteiger partial charge in [-0.15, -0.1) is 0 Å². The van der Waals surface area contributed by atoms with Crippen LogP contribution in [0.25, 0.3) is 22.3 Å². The van der Waals surface area contributed by atoms with Gasteiger partial charge in [-0.2, -0.15) is 0 Å². The Hall–Kier alpha value is -3.04. The Morgan fingerprint density at radius 1 is 0.929 bits per heavy atom. The van der Waals surface area contributed by atoms with E-state index in [1.165, 1.54) is 5.56 Å². The quantitative estimate of drug-likeness (QED) is 0.395. The number of halogens is 1. The first-order valence-electron chi connectivity index (χ1n) is 9.04. The lowest BCUT2D eigenvalue weighted by atomic mass is 10.1. The summed E-state index contributed by atoms with van der Waals surface area (Å²) < 4.78 is 11.6. The fraction of sp³-hybridized carbons (Fsp3) is 0.125. The van der Waals surface area contributed by atoms with Gasteiger partial charge < -0.3 is 9.15 Å². The maximum atomic E-state index is 6.40. The van der Waals surface area contributed by atoms with Crippen LogP contribution in [0, 0.1) is 13.8 Å². The minimum absolute atomic E-state index is 0.636. The van der Waals surface area contributed by atoms with Crippen LogP contribution in [-0.4, -0.2) is 7.11 Å². The van der Waals surface area contributed by atoms with E-state index in [-0.39, 0.29) is 0 Å². The number of fused-ring (bicyclic) bond motifs is 1. The van der Waals surface area contributed by atoms with Crippen molar-refractivity contribution in [1.82, 2.24) is 0 Å². The van der Waals surface area contributed by atoms with Gasteiger partial charge in [0.1, 0.15) is 17.1 Å².